The molecule has 2 aliphatic rings. The van der Waals surface area contributed by atoms with E-state index in [2.05, 4.69) is 0 Å². The molecule has 0 atom stereocenters. The maximum absolute atomic E-state index is 12.0. The number of carbonyl (C=O) groups is 1. The second-order valence-electron chi connectivity index (χ2n) is 5.09. The number of carbonyl (C=O) groups excluding carboxylic acids is 1. The maximum atomic E-state index is 12.0. The molecule has 2 aliphatic carbocycles. The molecule has 2 nitrogen and oxygen atoms in total. The van der Waals surface area contributed by atoms with Gasteiger partial charge >= 0.3 is 5.97 Å². The van der Waals surface area contributed by atoms with Gasteiger partial charge in [-0.2, -0.15) is 0 Å². The van der Waals surface area contributed by atoms with Crippen LogP contribution < -0.4 is 0 Å². The van der Waals surface area contributed by atoms with Crippen LogP contribution in [-0.4, -0.2) is 11.6 Å². The number of rotatable bonds is 2. The standard InChI is InChI=1S/C14H16O2/c15-13(12-4-2-1-3-5-12)16-14-8-6-11(10-14)7-9-14/h1-5,11H,6-10H2. The lowest BCUT2D eigenvalue weighted by Gasteiger charge is -2.26. The van der Waals surface area contributed by atoms with Gasteiger partial charge in [0, 0.05) is 0 Å². The second kappa shape index (κ2) is 3.62. The Balaban J connectivity index is 1.74. The molecule has 3 rings (SSSR count). The summed E-state index contributed by atoms with van der Waals surface area (Å²) in [5, 5.41) is 0. The molecule has 0 saturated heterocycles. The first-order valence-electron chi connectivity index (χ1n) is 6.06. The Morgan fingerprint density at radius 3 is 2.44 bits per heavy atom. The summed E-state index contributed by atoms with van der Waals surface area (Å²) in [7, 11) is 0. The van der Waals surface area contributed by atoms with Crippen LogP contribution in [0.4, 0.5) is 0 Å². The van der Waals surface area contributed by atoms with Gasteiger partial charge in [-0.1, -0.05) is 18.2 Å². The fourth-order valence-electron chi connectivity index (χ4n) is 3.11. The molecule has 2 bridgehead atoms. The highest BCUT2D eigenvalue weighted by Gasteiger charge is 2.47. The highest BCUT2D eigenvalue weighted by atomic mass is 16.6. The number of esters is 1. The molecule has 0 aromatic heterocycles. The van der Waals surface area contributed by atoms with E-state index >= 15 is 0 Å². The third kappa shape index (κ3) is 1.62. The van der Waals surface area contributed by atoms with E-state index in [0.29, 0.717) is 5.56 Å². The Bertz CT molecular complexity index is 388. The van der Waals surface area contributed by atoms with Gasteiger partial charge in [0.2, 0.25) is 0 Å². The minimum absolute atomic E-state index is 0.114. The maximum Gasteiger partial charge on any atom is 0.338 e. The third-order valence-corrected chi connectivity index (χ3v) is 4.00. The van der Waals surface area contributed by atoms with Crippen LogP contribution in [0.25, 0.3) is 0 Å². The molecular weight excluding hydrogens is 200 g/mol. The first kappa shape index (κ1) is 9.88. The summed E-state index contributed by atoms with van der Waals surface area (Å²) in [4.78, 5) is 12.0. The lowest BCUT2D eigenvalue weighted by molar-refractivity contribution is -0.0131. The Hall–Kier alpha value is -1.31. The lowest BCUT2D eigenvalue weighted by atomic mass is 9.97. The average molecular weight is 216 g/mol. The van der Waals surface area contributed by atoms with Crippen LogP contribution in [0.2, 0.25) is 0 Å². The summed E-state index contributed by atoms with van der Waals surface area (Å²) in [6.45, 7) is 0. The lowest BCUT2D eigenvalue weighted by Crippen LogP contribution is -2.30. The topological polar surface area (TPSA) is 26.3 Å². The van der Waals surface area contributed by atoms with Gasteiger partial charge in [0.15, 0.2) is 0 Å². The van der Waals surface area contributed by atoms with Crippen molar-refractivity contribution in [1.29, 1.82) is 0 Å². The summed E-state index contributed by atoms with van der Waals surface area (Å²) >= 11 is 0. The number of ether oxygens (including phenoxy) is 1. The fourth-order valence-corrected chi connectivity index (χ4v) is 3.11. The Morgan fingerprint density at radius 2 is 1.88 bits per heavy atom. The van der Waals surface area contributed by atoms with Gasteiger partial charge in [-0.05, 0) is 50.2 Å². The molecule has 2 heteroatoms. The quantitative estimate of drug-likeness (QED) is 0.710. The van der Waals surface area contributed by atoms with Gasteiger partial charge in [0.25, 0.3) is 0 Å². The highest BCUT2D eigenvalue weighted by Crippen LogP contribution is 2.50. The molecular formula is C14H16O2. The smallest absolute Gasteiger partial charge is 0.338 e. The van der Waals surface area contributed by atoms with Crippen LogP contribution >= 0.6 is 0 Å². The monoisotopic (exact) mass is 216 g/mol. The Labute approximate surface area is 95.6 Å². The van der Waals surface area contributed by atoms with Crippen LogP contribution in [-0.2, 0) is 4.74 Å². The number of hydrogen-bond acceptors (Lipinski definition) is 2. The SMILES string of the molecule is O=C(OC12CCC(CC1)C2)c1ccccc1. The number of fused-ring (bicyclic) bond motifs is 2. The highest BCUT2D eigenvalue weighted by molar-refractivity contribution is 5.89. The van der Waals surface area contributed by atoms with Crippen LogP contribution in [0.5, 0.6) is 0 Å². The normalized spacial score (nSPS) is 31.6. The minimum atomic E-state index is -0.150. The van der Waals surface area contributed by atoms with E-state index in [1.807, 2.05) is 30.3 Å². The predicted molar refractivity (Wildman–Crippen MR) is 61.2 cm³/mol. The summed E-state index contributed by atoms with van der Waals surface area (Å²) in [5.41, 5.74) is 0.560. The van der Waals surface area contributed by atoms with Gasteiger partial charge in [-0.15, -0.1) is 0 Å². The van der Waals surface area contributed by atoms with E-state index in [1.165, 1.54) is 12.8 Å². The molecule has 0 spiro atoms. The van der Waals surface area contributed by atoms with Crippen LogP contribution in [0.3, 0.4) is 0 Å². The van der Waals surface area contributed by atoms with Crippen molar-refractivity contribution in [1.82, 2.24) is 0 Å². The summed E-state index contributed by atoms with van der Waals surface area (Å²) in [6.07, 6.45) is 5.70. The van der Waals surface area contributed by atoms with Crippen molar-refractivity contribution in [3.63, 3.8) is 0 Å². The Kier molecular flexibility index (Phi) is 2.23. The van der Waals surface area contributed by atoms with Crippen molar-refractivity contribution in [3.8, 4) is 0 Å². The molecule has 0 N–H and O–H groups in total. The second-order valence-corrected chi connectivity index (χ2v) is 5.09. The van der Waals surface area contributed by atoms with Gasteiger partial charge in [-0.3, -0.25) is 0 Å². The summed E-state index contributed by atoms with van der Waals surface area (Å²) in [5.74, 6) is 0.659. The van der Waals surface area contributed by atoms with Crippen LogP contribution in [0.15, 0.2) is 30.3 Å². The Morgan fingerprint density at radius 1 is 1.19 bits per heavy atom. The molecule has 16 heavy (non-hydrogen) atoms. The van der Waals surface area contributed by atoms with E-state index < -0.39 is 0 Å². The summed E-state index contributed by atoms with van der Waals surface area (Å²) in [6, 6.07) is 9.30. The largest absolute Gasteiger partial charge is 0.455 e. The zero-order chi connectivity index (χ0) is 11.0. The molecule has 1 aromatic rings. The van der Waals surface area contributed by atoms with Crippen LogP contribution in [0.1, 0.15) is 42.5 Å². The summed E-state index contributed by atoms with van der Waals surface area (Å²) < 4.78 is 5.74. The van der Waals surface area contributed by atoms with E-state index in [9.17, 15) is 4.79 Å². The van der Waals surface area contributed by atoms with Crippen molar-refractivity contribution in [2.75, 3.05) is 0 Å². The average Bonchev–Trinajstić information content (AvgIpc) is 2.90. The predicted octanol–water partition coefficient (Wildman–Crippen LogP) is 3.18. The van der Waals surface area contributed by atoms with Gasteiger partial charge < -0.3 is 4.74 Å². The van der Waals surface area contributed by atoms with Crippen molar-refractivity contribution in [2.24, 2.45) is 5.92 Å². The van der Waals surface area contributed by atoms with E-state index in [1.54, 1.807) is 0 Å². The van der Waals surface area contributed by atoms with Crippen molar-refractivity contribution in [2.45, 2.75) is 37.7 Å². The third-order valence-electron chi connectivity index (χ3n) is 4.00. The van der Waals surface area contributed by atoms with Gasteiger partial charge in [0.05, 0.1) is 5.56 Å². The van der Waals surface area contributed by atoms with Crippen molar-refractivity contribution < 1.29 is 9.53 Å². The molecule has 0 heterocycles. The number of hydrogen-bond donors (Lipinski definition) is 0. The first-order valence-corrected chi connectivity index (χ1v) is 6.06. The molecule has 0 amide bonds. The van der Waals surface area contributed by atoms with Gasteiger partial charge in [0.1, 0.15) is 5.60 Å². The molecule has 0 unspecified atom stereocenters. The van der Waals surface area contributed by atoms with Gasteiger partial charge in [-0.25, -0.2) is 4.79 Å². The van der Waals surface area contributed by atoms with E-state index in [4.69, 9.17) is 4.74 Å². The van der Waals surface area contributed by atoms with Crippen LogP contribution in [0, 0.1) is 5.92 Å². The molecule has 2 fully saturated rings. The van der Waals surface area contributed by atoms with E-state index in [-0.39, 0.29) is 11.6 Å². The van der Waals surface area contributed by atoms with Crippen molar-refractivity contribution in [3.05, 3.63) is 35.9 Å². The molecule has 0 aliphatic heterocycles. The fraction of sp³-hybridized carbons (Fsp3) is 0.500. The zero-order valence-electron chi connectivity index (χ0n) is 9.32. The van der Waals surface area contributed by atoms with E-state index in [0.717, 1.165) is 25.2 Å². The molecule has 2 saturated carbocycles. The zero-order valence-corrected chi connectivity index (χ0v) is 9.32. The molecule has 1 aromatic carbocycles. The molecule has 0 radical (unpaired) electrons. The first-order chi connectivity index (χ1) is 7.77. The minimum Gasteiger partial charge on any atom is -0.455 e. The molecule has 84 valence electrons. The number of benzene rings is 1. The van der Waals surface area contributed by atoms with Crippen molar-refractivity contribution >= 4 is 5.97 Å².